The first-order valence-corrected chi connectivity index (χ1v) is 6.91. The number of imidazole rings is 1. The quantitative estimate of drug-likeness (QED) is 0.775. The Balaban J connectivity index is 2.34. The fraction of sp³-hybridized carbons (Fsp3) is 0.714. The number of amides is 1. The molecule has 0 aliphatic carbocycles. The SMILES string of the molecule is CC(C)CNCc1nccn1CCCC(=O)N(C)C. The molecule has 1 heterocycles. The second-order valence-electron chi connectivity index (χ2n) is 5.45. The van der Waals surface area contributed by atoms with Gasteiger partial charge in [-0.05, 0) is 18.9 Å². The van der Waals surface area contributed by atoms with Gasteiger partial charge in [-0.1, -0.05) is 13.8 Å². The van der Waals surface area contributed by atoms with Crippen molar-refractivity contribution in [3.05, 3.63) is 18.2 Å². The van der Waals surface area contributed by atoms with Gasteiger partial charge >= 0.3 is 0 Å². The molecule has 1 aromatic rings. The first-order valence-electron chi connectivity index (χ1n) is 6.91. The predicted octanol–water partition coefficient (Wildman–Crippen LogP) is 1.50. The van der Waals surface area contributed by atoms with Crippen molar-refractivity contribution >= 4 is 5.91 Å². The summed E-state index contributed by atoms with van der Waals surface area (Å²) in [5, 5.41) is 3.39. The van der Waals surface area contributed by atoms with Crippen molar-refractivity contribution in [2.75, 3.05) is 20.6 Å². The zero-order valence-electron chi connectivity index (χ0n) is 12.5. The maximum absolute atomic E-state index is 11.5. The van der Waals surface area contributed by atoms with Crippen LogP contribution >= 0.6 is 0 Å². The molecule has 0 atom stereocenters. The molecule has 0 aliphatic heterocycles. The van der Waals surface area contributed by atoms with Crippen LogP contribution in [0.15, 0.2) is 12.4 Å². The van der Waals surface area contributed by atoms with E-state index < -0.39 is 0 Å². The molecule has 108 valence electrons. The lowest BCUT2D eigenvalue weighted by atomic mass is 10.2. The number of hydrogen-bond donors (Lipinski definition) is 1. The fourth-order valence-corrected chi connectivity index (χ4v) is 1.81. The Morgan fingerprint density at radius 3 is 2.84 bits per heavy atom. The van der Waals surface area contributed by atoms with Crippen molar-refractivity contribution in [1.82, 2.24) is 19.8 Å². The normalized spacial score (nSPS) is 11.0. The summed E-state index contributed by atoms with van der Waals surface area (Å²) in [6, 6.07) is 0. The zero-order chi connectivity index (χ0) is 14.3. The van der Waals surface area contributed by atoms with Gasteiger partial charge in [0, 0.05) is 39.5 Å². The van der Waals surface area contributed by atoms with E-state index in [2.05, 4.69) is 28.7 Å². The second kappa shape index (κ2) is 7.94. The van der Waals surface area contributed by atoms with Gasteiger partial charge in [0.15, 0.2) is 0 Å². The molecular formula is C14H26N4O. The molecule has 1 amide bonds. The van der Waals surface area contributed by atoms with E-state index in [0.29, 0.717) is 12.3 Å². The number of carbonyl (C=O) groups is 1. The van der Waals surface area contributed by atoms with Gasteiger partial charge in [-0.25, -0.2) is 4.98 Å². The highest BCUT2D eigenvalue weighted by Gasteiger charge is 2.06. The lowest BCUT2D eigenvalue weighted by molar-refractivity contribution is -0.128. The minimum atomic E-state index is 0.180. The largest absolute Gasteiger partial charge is 0.349 e. The summed E-state index contributed by atoms with van der Waals surface area (Å²) in [6.07, 6.45) is 5.24. The third-order valence-electron chi connectivity index (χ3n) is 2.93. The van der Waals surface area contributed by atoms with Crippen LogP contribution < -0.4 is 5.32 Å². The molecule has 1 rings (SSSR count). The van der Waals surface area contributed by atoms with E-state index in [1.54, 1.807) is 19.0 Å². The molecule has 0 aromatic carbocycles. The van der Waals surface area contributed by atoms with E-state index in [1.165, 1.54) is 0 Å². The maximum atomic E-state index is 11.5. The second-order valence-corrected chi connectivity index (χ2v) is 5.45. The highest BCUT2D eigenvalue weighted by atomic mass is 16.2. The summed E-state index contributed by atoms with van der Waals surface area (Å²) < 4.78 is 2.12. The Kier molecular flexibility index (Phi) is 6.56. The maximum Gasteiger partial charge on any atom is 0.222 e. The Labute approximate surface area is 116 Å². The van der Waals surface area contributed by atoms with Crippen LogP contribution in [0.5, 0.6) is 0 Å². The van der Waals surface area contributed by atoms with Crippen LogP contribution in [0.3, 0.4) is 0 Å². The number of nitrogens with zero attached hydrogens (tertiary/aromatic N) is 3. The van der Waals surface area contributed by atoms with Crippen LogP contribution in [0.25, 0.3) is 0 Å². The third-order valence-corrected chi connectivity index (χ3v) is 2.93. The van der Waals surface area contributed by atoms with Crippen molar-refractivity contribution in [3.63, 3.8) is 0 Å². The van der Waals surface area contributed by atoms with Crippen LogP contribution in [-0.4, -0.2) is 41.0 Å². The Hall–Kier alpha value is -1.36. The minimum Gasteiger partial charge on any atom is -0.349 e. The van der Waals surface area contributed by atoms with Crippen LogP contribution in [0.2, 0.25) is 0 Å². The number of carbonyl (C=O) groups excluding carboxylic acids is 1. The average Bonchev–Trinajstić information content (AvgIpc) is 2.76. The molecule has 0 saturated carbocycles. The standard InChI is InChI=1S/C14H26N4O/c1-12(2)10-15-11-13-16-7-9-18(13)8-5-6-14(19)17(3)4/h7,9,12,15H,5-6,8,10-11H2,1-4H3. The van der Waals surface area contributed by atoms with Gasteiger partial charge in [0.1, 0.15) is 5.82 Å². The molecule has 0 radical (unpaired) electrons. The first kappa shape index (κ1) is 15.7. The molecule has 5 nitrogen and oxygen atoms in total. The van der Waals surface area contributed by atoms with Gasteiger partial charge in [-0.3, -0.25) is 4.79 Å². The predicted molar refractivity (Wildman–Crippen MR) is 76.7 cm³/mol. The van der Waals surface area contributed by atoms with Gasteiger partial charge in [0.25, 0.3) is 0 Å². The van der Waals surface area contributed by atoms with Crippen LogP contribution in [-0.2, 0) is 17.9 Å². The molecule has 0 spiro atoms. The summed E-state index contributed by atoms with van der Waals surface area (Å²) in [5.74, 6) is 1.86. The average molecular weight is 266 g/mol. The summed E-state index contributed by atoms with van der Waals surface area (Å²) >= 11 is 0. The summed E-state index contributed by atoms with van der Waals surface area (Å²) in [6.45, 7) is 7.00. The summed E-state index contributed by atoms with van der Waals surface area (Å²) in [4.78, 5) is 17.5. The molecular weight excluding hydrogens is 240 g/mol. The highest BCUT2D eigenvalue weighted by molar-refractivity contribution is 5.75. The van der Waals surface area contributed by atoms with E-state index in [9.17, 15) is 4.79 Å². The molecule has 0 unspecified atom stereocenters. The monoisotopic (exact) mass is 266 g/mol. The molecule has 0 saturated heterocycles. The molecule has 19 heavy (non-hydrogen) atoms. The van der Waals surface area contributed by atoms with Crippen molar-refractivity contribution in [2.45, 2.75) is 39.8 Å². The van der Waals surface area contributed by atoms with Gasteiger partial charge < -0.3 is 14.8 Å². The number of rotatable bonds is 8. The van der Waals surface area contributed by atoms with Gasteiger partial charge in [-0.2, -0.15) is 0 Å². The van der Waals surface area contributed by atoms with E-state index in [4.69, 9.17) is 0 Å². The first-order chi connectivity index (χ1) is 9.00. The smallest absolute Gasteiger partial charge is 0.222 e. The third kappa shape index (κ3) is 5.87. The molecule has 0 fully saturated rings. The number of aryl methyl sites for hydroxylation is 1. The minimum absolute atomic E-state index is 0.180. The van der Waals surface area contributed by atoms with Crippen LogP contribution in [0.1, 0.15) is 32.5 Å². The molecule has 1 N–H and O–H groups in total. The lowest BCUT2D eigenvalue weighted by Gasteiger charge is -2.12. The van der Waals surface area contributed by atoms with E-state index in [0.717, 1.165) is 31.9 Å². The van der Waals surface area contributed by atoms with Crippen LogP contribution in [0, 0.1) is 5.92 Å². The topological polar surface area (TPSA) is 50.2 Å². The molecule has 1 aromatic heterocycles. The zero-order valence-corrected chi connectivity index (χ0v) is 12.5. The number of nitrogens with one attached hydrogen (secondary N) is 1. The Morgan fingerprint density at radius 2 is 2.21 bits per heavy atom. The van der Waals surface area contributed by atoms with Crippen molar-refractivity contribution in [2.24, 2.45) is 5.92 Å². The highest BCUT2D eigenvalue weighted by Crippen LogP contribution is 2.03. The summed E-state index contributed by atoms with van der Waals surface area (Å²) in [5.41, 5.74) is 0. The van der Waals surface area contributed by atoms with Gasteiger partial charge in [0.05, 0.1) is 6.54 Å². The Bertz CT molecular complexity index is 385. The fourth-order valence-electron chi connectivity index (χ4n) is 1.81. The van der Waals surface area contributed by atoms with Crippen molar-refractivity contribution in [3.8, 4) is 0 Å². The number of hydrogen-bond acceptors (Lipinski definition) is 3. The van der Waals surface area contributed by atoms with E-state index >= 15 is 0 Å². The van der Waals surface area contributed by atoms with Gasteiger partial charge in [0.2, 0.25) is 5.91 Å². The van der Waals surface area contributed by atoms with E-state index in [1.807, 2.05) is 12.4 Å². The van der Waals surface area contributed by atoms with Crippen LogP contribution in [0.4, 0.5) is 0 Å². The van der Waals surface area contributed by atoms with Crippen molar-refractivity contribution in [1.29, 1.82) is 0 Å². The molecule has 0 aliphatic rings. The molecule has 0 bridgehead atoms. The lowest BCUT2D eigenvalue weighted by Crippen LogP contribution is -2.23. The number of aromatic nitrogens is 2. The van der Waals surface area contributed by atoms with E-state index in [-0.39, 0.29) is 5.91 Å². The Morgan fingerprint density at radius 1 is 1.47 bits per heavy atom. The molecule has 5 heteroatoms. The summed E-state index contributed by atoms with van der Waals surface area (Å²) in [7, 11) is 3.58. The van der Waals surface area contributed by atoms with Crippen molar-refractivity contribution < 1.29 is 4.79 Å². The van der Waals surface area contributed by atoms with Gasteiger partial charge in [-0.15, -0.1) is 0 Å².